The van der Waals surface area contributed by atoms with Gasteiger partial charge in [0.15, 0.2) is 0 Å². The fourth-order valence-electron chi connectivity index (χ4n) is 1.75. The molecule has 1 aromatic carbocycles. The second kappa shape index (κ2) is 4.42. The molecule has 0 spiro atoms. The number of anilines is 2. The fraction of sp³-hybridized carbons (Fsp3) is 0.300. The highest BCUT2D eigenvalue weighted by atomic mass is 35.5. The molecular formula is C10H12ClN3O3S. The van der Waals surface area contributed by atoms with Crippen LogP contribution < -0.4 is 14.3 Å². The minimum absolute atomic E-state index is 0.0466. The number of hydrogen-bond acceptors (Lipinski definition) is 3. The van der Waals surface area contributed by atoms with Crippen LogP contribution in [0.1, 0.15) is 5.56 Å². The molecule has 0 saturated heterocycles. The molecule has 2 N–H and O–H groups in total. The number of carbonyl (C=O) groups excluding carboxylic acids is 1. The topological polar surface area (TPSA) is 78.5 Å². The number of likely N-dealkylation sites (N-methyl/N-ethyl adjacent to an activating group) is 1. The van der Waals surface area contributed by atoms with Crippen LogP contribution in [0.2, 0.25) is 5.02 Å². The van der Waals surface area contributed by atoms with E-state index in [-0.39, 0.29) is 23.0 Å². The van der Waals surface area contributed by atoms with Crippen molar-refractivity contribution in [2.24, 2.45) is 0 Å². The van der Waals surface area contributed by atoms with Crippen molar-refractivity contribution in [3.05, 3.63) is 22.7 Å². The van der Waals surface area contributed by atoms with Crippen molar-refractivity contribution >= 4 is 39.1 Å². The molecule has 0 fully saturated rings. The van der Waals surface area contributed by atoms with Crippen molar-refractivity contribution in [3.8, 4) is 0 Å². The van der Waals surface area contributed by atoms with Crippen LogP contribution in [0.15, 0.2) is 12.1 Å². The van der Waals surface area contributed by atoms with Gasteiger partial charge in [0, 0.05) is 19.8 Å². The summed E-state index contributed by atoms with van der Waals surface area (Å²) in [6.45, 7) is 0. The zero-order valence-corrected chi connectivity index (χ0v) is 11.4. The van der Waals surface area contributed by atoms with Crippen molar-refractivity contribution < 1.29 is 13.2 Å². The van der Waals surface area contributed by atoms with E-state index in [1.807, 2.05) is 0 Å². The van der Waals surface area contributed by atoms with Gasteiger partial charge < -0.3 is 4.90 Å². The molecular weight excluding hydrogens is 278 g/mol. The Morgan fingerprint density at radius 3 is 2.67 bits per heavy atom. The fourth-order valence-corrected chi connectivity index (χ4v) is 2.57. The van der Waals surface area contributed by atoms with E-state index in [0.29, 0.717) is 5.69 Å². The van der Waals surface area contributed by atoms with Gasteiger partial charge in [0.2, 0.25) is 5.91 Å². The number of nitrogens with one attached hydrogen (secondary N) is 2. The molecule has 98 valence electrons. The molecule has 1 aliphatic heterocycles. The molecule has 0 radical (unpaired) electrons. The molecule has 1 amide bonds. The van der Waals surface area contributed by atoms with Gasteiger partial charge in [-0.1, -0.05) is 11.6 Å². The molecule has 0 bridgehead atoms. The Morgan fingerprint density at radius 1 is 1.39 bits per heavy atom. The first-order chi connectivity index (χ1) is 8.34. The van der Waals surface area contributed by atoms with Crippen LogP contribution in [0.5, 0.6) is 0 Å². The number of nitrogens with zero attached hydrogens (tertiary/aromatic N) is 1. The average Bonchev–Trinajstić information content (AvgIpc) is 2.56. The van der Waals surface area contributed by atoms with Gasteiger partial charge in [-0.2, -0.15) is 8.42 Å². The van der Waals surface area contributed by atoms with Gasteiger partial charge in [0.25, 0.3) is 10.2 Å². The predicted octanol–water partition coefficient (Wildman–Crippen LogP) is 0.735. The number of carbonyl (C=O) groups is 1. The van der Waals surface area contributed by atoms with E-state index in [0.717, 1.165) is 5.56 Å². The lowest BCUT2D eigenvalue weighted by Gasteiger charge is -2.13. The van der Waals surface area contributed by atoms with Crippen LogP contribution >= 0.6 is 11.6 Å². The van der Waals surface area contributed by atoms with Gasteiger partial charge in [0.05, 0.1) is 17.1 Å². The van der Waals surface area contributed by atoms with E-state index in [1.54, 1.807) is 19.2 Å². The minimum Gasteiger partial charge on any atom is -0.315 e. The van der Waals surface area contributed by atoms with E-state index in [4.69, 9.17) is 11.6 Å². The monoisotopic (exact) mass is 289 g/mol. The van der Waals surface area contributed by atoms with Crippen LogP contribution in [0.4, 0.5) is 11.4 Å². The molecule has 0 aliphatic carbocycles. The van der Waals surface area contributed by atoms with Gasteiger partial charge >= 0.3 is 0 Å². The maximum atomic E-state index is 11.5. The lowest BCUT2D eigenvalue weighted by molar-refractivity contribution is -0.117. The summed E-state index contributed by atoms with van der Waals surface area (Å²) >= 11 is 5.99. The normalized spacial score (nSPS) is 14.8. The summed E-state index contributed by atoms with van der Waals surface area (Å²) < 4.78 is 27.2. The second-order valence-electron chi connectivity index (χ2n) is 3.90. The van der Waals surface area contributed by atoms with Gasteiger partial charge in [-0.25, -0.2) is 4.72 Å². The van der Waals surface area contributed by atoms with E-state index >= 15 is 0 Å². The first-order valence-electron chi connectivity index (χ1n) is 5.14. The van der Waals surface area contributed by atoms with Gasteiger partial charge in [-0.3, -0.25) is 9.52 Å². The summed E-state index contributed by atoms with van der Waals surface area (Å²) in [7, 11) is -0.675. The van der Waals surface area contributed by atoms with E-state index < -0.39 is 10.2 Å². The number of benzene rings is 1. The molecule has 0 aromatic heterocycles. The Kier molecular flexibility index (Phi) is 3.22. The summed E-state index contributed by atoms with van der Waals surface area (Å²) in [5.74, 6) is -0.0466. The zero-order chi connectivity index (χ0) is 13.5. The summed E-state index contributed by atoms with van der Waals surface area (Å²) in [5, 5.41) is 0.245. The lowest BCUT2D eigenvalue weighted by Crippen LogP contribution is -2.26. The molecule has 6 nitrogen and oxygen atoms in total. The molecule has 1 aliphatic rings. The number of rotatable bonds is 3. The number of amides is 1. The van der Waals surface area contributed by atoms with Crippen LogP contribution in [-0.2, 0) is 21.4 Å². The van der Waals surface area contributed by atoms with Crippen molar-refractivity contribution in [1.29, 1.82) is 0 Å². The van der Waals surface area contributed by atoms with Crippen molar-refractivity contribution in [2.45, 2.75) is 6.42 Å². The van der Waals surface area contributed by atoms with Gasteiger partial charge in [0.1, 0.15) is 0 Å². The third-order valence-electron chi connectivity index (χ3n) is 2.76. The quantitative estimate of drug-likeness (QED) is 0.861. The third kappa shape index (κ3) is 2.29. The largest absolute Gasteiger partial charge is 0.315 e. The van der Waals surface area contributed by atoms with E-state index in [9.17, 15) is 13.2 Å². The highest BCUT2D eigenvalue weighted by Gasteiger charge is 2.26. The molecule has 1 aromatic rings. The Hall–Kier alpha value is -1.31. The molecule has 0 saturated carbocycles. The van der Waals surface area contributed by atoms with Crippen LogP contribution in [0.3, 0.4) is 0 Å². The lowest BCUT2D eigenvalue weighted by atomic mass is 10.1. The average molecular weight is 290 g/mol. The van der Waals surface area contributed by atoms with Crippen molar-refractivity contribution in [2.75, 3.05) is 23.7 Å². The minimum atomic E-state index is -3.62. The SMILES string of the molecule is CNS(=O)(=O)Nc1cc2c(cc1Cl)N(C)C(=O)C2. The predicted molar refractivity (Wildman–Crippen MR) is 70.2 cm³/mol. The molecule has 8 heteroatoms. The standard InChI is InChI=1S/C10H12ClN3O3S/c1-12-18(16,17)13-8-3-6-4-10(15)14(2)9(6)5-7(8)11/h3,5,12-13H,4H2,1-2H3. The van der Waals surface area contributed by atoms with Gasteiger partial charge in [-0.05, 0) is 17.7 Å². The third-order valence-corrected chi connectivity index (χ3v) is 4.10. The summed E-state index contributed by atoms with van der Waals surface area (Å²) in [4.78, 5) is 13.0. The number of fused-ring (bicyclic) bond motifs is 1. The smallest absolute Gasteiger partial charge is 0.298 e. The molecule has 2 rings (SSSR count). The first kappa shape index (κ1) is 13.1. The van der Waals surface area contributed by atoms with Crippen LogP contribution in [0.25, 0.3) is 0 Å². The Morgan fingerprint density at radius 2 is 2.06 bits per heavy atom. The first-order valence-corrected chi connectivity index (χ1v) is 7.00. The van der Waals surface area contributed by atoms with Crippen molar-refractivity contribution in [3.63, 3.8) is 0 Å². The molecule has 1 heterocycles. The summed E-state index contributed by atoms with van der Waals surface area (Å²) in [5.41, 5.74) is 1.71. The number of halogens is 1. The summed E-state index contributed by atoms with van der Waals surface area (Å²) in [6.07, 6.45) is 0.247. The molecule has 18 heavy (non-hydrogen) atoms. The van der Waals surface area contributed by atoms with E-state index in [2.05, 4.69) is 9.44 Å². The maximum Gasteiger partial charge on any atom is 0.298 e. The number of hydrogen-bond donors (Lipinski definition) is 2. The van der Waals surface area contributed by atoms with E-state index in [1.165, 1.54) is 11.9 Å². The molecule has 0 atom stereocenters. The Labute approximate surface area is 110 Å². The highest BCUT2D eigenvalue weighted by Crippen LogP contribution is 2.35. The highest BCUT2D eigenvalue weighted by molar-refractivity contribution is 7.90. The maximum absolute atomic E-state index is 11.5. The van der Waals surface area contributed by atoms with Crippen molar-refractivity contribution in [1.82, 2.24) is 4.72 Å². The summed E-state index contributed by atoms with van der Waals surface area (Å²) in [6, 6.07) is 3.16. The Balaban J connectivity index is 2.42. The van der Waals surface area contributed by atoms with Gasteiger partial charge in [-0.15, -0.1) is 0 Å². The van der Waals surface area contributed by atoms with Crippen LogP contribution in [-0.4, -0.2) is 28.4 Å². The zero-order valence-electron chi connectivity index (χ0n) is 9.82. The van der Waals surface area contributed by atoms with Crippen LogP contribution in [0, 0.1) is 0 Å². The Bertz CT molecular complexity index is 615. The molecule has 0 unspecified atom stereocenters. The second-order valence-corrected chi connectivity index (χ2v) is 5.93.